The molecule has 0 bridgehead atoms. The molecule has 176 valence electrons. The SMILES string of the molecule is CCN(CC)c1nc(C2(c3ccccc3)CCN(OS(=O)(=O)c3ccc(C)cc3)CC2)cs1. The van der Waals surface area contributed by atoms with E-state index in [-0.39, 0.29) is 10.3 Å². The average Bonchev–Trinajstić information content (AvgIpc) is 3.32. The summed E-state index contributed by atoms with van der Waals surface area (Å²) in [6, 6.07) is 17.2. The van der Waals surface area contributed by atoms with Crippen molar-refractivity contribution >= 4 is 26.6 Å². The third kappa shape index (κ3) is 4.99. The van der Waals surface area contributed by atoms with E-state index >= 15 is 0 Å². The fourth-order valence-electron chi connectivity index (χ4n) is 4.40. The molecule has 0 spiro atoms. The number of aromatic nitrogens is 1. The Morgan fingerprint density at radius 3 is 2.27 bits per heavy atom. The number of nitrogens with zero attached hydrogens (tertiary/aromatic N) is 3. The van der Waals surface area contributed by atoms with E-state index in [0.29, 0.717) is 13.1 Å². The number of rotatable bonds is 8. The van der Waals surface area contributed by atoms with Gasteiger partial charge in [0.05, 0.1) is 10.6 Å². The monoisotopic (exact) mass is 485 g/mol. The van der Waals surface area contributed by atoms with Gasteiger partial charge in [-0.3, -0.25) is 0 Å². The van der Waals surface area contributed by atoms with Gasteiger partial charge in [-0.1, -0.05) is 48.0 Å². The van der Waals surface area contributed by atoms with E-state index in [1.807, 2.05) is 13.0 Å². The molecule has 3 aromatic rings. The zero-order valence-electron chi connectivity index (χ0n) is 19.4. The second-order valence-electron chi connectivity index (χ2n) is 8.41. The number of thiazole rings is 1. The van der Waals surface area contributed by atoms with Crippen LogP contribution in [0.2, 0.25) is 0 Å². The molecule has 0 amide bonds. The van der Waals surface area contributed by atoms with Crippen molar-refractivity contribution in [3.8, 4) is 0 Å². The van der Waals surface area contributed by atoms with Gasteiger partial charge in [-0.15, -0.1) is 11.3 Å². The van der Waals surface area contributed by atoms with Crippen molar-refractivity contribution in [2.45, 2.75) is 43.9 Å². The van der Waals surface area contributed by atoms with E-state index in [4.69, 9.17) is 9.27 Å². The van der Waals surface area contributed by atoms with Gasteiger partial charge in [0, 0.05) is 37.0 Å². The highest BCUT2D eigenvalue weighted by molar-refractivity contribution is 7.86. The first-order valence-electron chi connectivity index (χ1n) is 11.4. The Morgan fingerprint density at radius 1 is 1.03 bits per heavy atom. The number of benzene rings is 2. The minimum absolute atomic E-state index is 0.177. The van der Waals surface area contributed by atoms with Crippen molar-refractivity contribution in [3.63, 3.8) is 0 Å². The van der Waals surface area contributed by atoms with Crippen LogP contribution in [0.15, 0.2) is 64.9 Å². The zero-order chi connectivity index (χ0) is 23.5. The molecule has 1 fully saturated rings. The summed E-state index contributed by atoms with van der Waals surface area (Å²) in [5.41, 5.74) is 3.01. The lowest BCUT2D eigenvalue weighted by Gasteiger charge is -2.40. The first-order chi connectivity index (χ1) is 15.9. The van der Waals surface area contributed by atoms with Crippen LogP contribution < -0.4 is 4.90 Å². The first kappa shape index (κ1) is 23.9. The minimum atomic E-state index is -3.85. The molecule has 4 rings (SSSR count). The van der Waals surface area contributed by atoms with Gasteiger partial charge in [0.1, 0.15) is 0 Å². The Labute approximate surface area is 200 Å². The predicted molar refractivity (Wildman–Crippen MR) is 133 cm³/mol. The number of hydroxylamine groups is 2. The molecular weight excluding hydrogens is 454 g/mol. The van der Waals surface area contributed by atoms with Gasteiger partial charge in [0.2, 0.25) is 0 Å². The van der Waals surface area contributed by atoms with Crippen molar-refractivity contribution in [3.05, 3.63) is 76.8 Å². The van der Waals surface area contributed by atoms with Crippen LogP contribution in [0.1, 0.15) is 43.5 Å². The second kappa shape index (κ2) is 9.93. The Hall–Kier alpha value is -2.26. The van der Waals surface area contributed by atoms with E-state index in [0.717, 1.165) is 42.3 Å². The van der Waals surface area contributed by atoms with E-state index < -0.39 is 10.1 Å². The fourth-order valence-corrected chi connectivity index (χ4v) is 6.44. The summed E-state index contributed by atoms with van der Waals surface area (Å²) in [7, 11) is -3.85. The molecule has 1 saturated heterocycles. The van der Waals surface area contributed by atoms with E-state index in [2.05, 4.69) is 48.4 Å². The summed E-state index contributed by atoms with van der Waals surface area (Å²) in [6.07, 6.45) is 1.45. The maximum Gasteiger partial charge on any atom is 0.313 e. The van der Waals surface area contributed by atoms with Gasteiger partial charge in [-0.25, -0.2) is 4.98 Å². The normalized spacial score (nSPS) is 16.6. The Morgan fingerprint density at radius 2 is 1.67 bits per heavy atom. The molecule has 0 unspecified atom stereocenters. The molecule has 0 atom stereocenters. The van der Waals surface area contributed by atoms with Crippen LogP contribution >= 0.6 is 11.3 Å². The van der Waals surface area contributed by atoms with Gasteiger partial charge >= 0.3 is 10.1 Å². The quantitative estimate of drug-likeness (QED) is 0.447. The number of anilines is 1. The Kier molecular flexibility index (Phi) is 7.19. The lowest BCUT2D eigenvalue weighted by molar-refractivity contribution is -0.0768. The zero-order valence-corrected chi connectivity index (χ0v) is 21.0. The van der Waals surface area contributed by atoms with Gasteiger partial charge in [-0.2, -0.15) is 17.8 Å². The van der Waals surface area contributed by atoms with Crippen LogP contribution in [-0.4, -0.2) is 44.6 Å². The maximum atomic E-state index is 12.8. The first-order valence-corrected chi connectivity index (χ1v) is 13.7. The van der Waals surface area contributed by atoms with Crippen LogP contribution in [0.3, 0.4) is 0 Å². The topological polar surface area (TPSA) is 62.7 Å². The highest BCUT2D eigenvalue weighted by Crippen LogP contribution is 2.43. The maximum absolute atomic E-state index is 12.8. The van der Waals surface area contributed by atoms with Crippen molar-refractivity contribution in [2.75, 3.05) is 31.1 Å². The molecule has 1 aliphatic rings. The third-order valence-electron chi connectivity index (χ3n) is 6.43. The molecule has 33 heavy (non-hydrogen) atoms. The molecule has 1 aliphatic heterocycles. The second-order valence-corrected chi connectivity index (χ2v) is 10.8. The van der Waals surface area contributed by atoms with Crippen LogP contribution in [0, 0.1) is 6.92 Å². The summed E-state index contributed by atoms with van der Waals surface area (Å²) in [5, 5.41) is 4.78. The lowest BCUT2D eigenvalue weighted by Crippen LogP contribution is -2.44. The summed E-state index contributed by atoms with van der Waals surface area (Å²) in [4.78, 5) is 7.49. The van der Waals surface area contributed by atoms with Crippen LogP contribution in [0.25, 0.3) is 0 Å². The molecule has 6 nitrogen and oxygen atoms in total. The summed E-state index contributed by atoms with van der Waals surface area (Å²) < 4.78 is 31.1. The number of piperidine rings is 1. The number of hydrogen-bond donors (Lipinski definition) is 0. The Balaban J connectivity index is 1.57. The van der Waals surface area contributed by atoms with Crippen LogP contribution in [0.4, 0.5) is 5.13 Å². The molecule has 0 radical (unpaired) electrons. The largest absolute Gasteiger partial charge is 0.349 e. The van der Waals surface area contributed by atoms with E-state index in [1.165, 1.54) is 5.56 Å². The van der Waals surface area contributed by atoms with Gasteiger partial charge in [0.15, 0.2) is 5.13 Å². The van der Waals surface area contributed by atoms with Crippen molar-refractivity contribution in [1.82, 2.24) is 10.0 Å². The predicted octanol–water partition coefficient (Wildman–Crippen LogP) is 5.00. The van der Waals surface area contributed by atoms with Crippen molar-refractivity contribution < 1.29 is 12.7 Å². The molecule has 1 aromatic heterocycles. The van der Waals surface area contributed by atoms with Crippen LogP contribution in [-0.2, 0) is 19.8 Å². The lowest BCUT2D eigenvalue weighted by atomic mass is 9.71. The van der Waals surface area contributed by atoms with Gasteiger partial charge in [0.25, 0.3) is 0 Å². The van der Waals surface area contributed by atoms with E-state index in [9.17, 15) is 8.42 Å². The van der Waals surface area contributed by atoms with Crippen LogP contribution in [0.5, 0.6) is 0 Å². The van der Waals surface area contributed by atoms with Gasteiger partial charge < -0.3 is 4.90 Å². The number of aryl methyl sites for hydroxylation is 1. The highest BCUT2D eigenvalue weighted by Gasteiger charge is 2.41. The van der Waals surface area contributed by atoms with Gasteiger partial charge in [-0.05, 0) is 51.3 Å². The summed E-state index contributed by atoms with van der Waals surface area (Å²) >= 11 is 1.68. The molecule has 0 aliphatic carbocycles. The molecule has 0 N–H and O–H groups in total. The highest BCUT2D eigenvalue weighted by atomic mass is 32.2. The van der Waals surface area contributed by atoms with Crippen molar-refractivity contribution in [1.29, 1.82) is 0 Å². The molecule has 0 saturated carbocycles. The summed E-state index contributed by atoms with van der Waals surface area (Å²) in [6.45, 7) is 9.04. The van der Waals surface area contributed by atoms with Crippen molar-refractivity contribution in [2.24, 2.45) is 0 Å². The third-order valence-corrected chi connectivity index (χ3v) is 8.59. The fraction of sp³-hybridized carbons (Fsp3) is 0.400. The smallest absolute Gasteiger partial charge is 0.313 e. The molecular formula is C25H31N3O3S2. The standard InChI is InChI=1S/C25H31N3O3S2/c1-4-27(5-2)24-26-23(19-32-24)25(21-9-7-6-8-10-21)15-17-28(18-16-25)31-33(29,30)22-13-11-20(3)12-14-22/h6-14,19H,4-5,15-18H2,1-3H3. The average molecular weight is 486 g/mol. The molecule has 8 heteroatoms. The Bertz CT molecular complexity index is 1150. The minimum Gasteiger partial charge on any atom is -0.349 e. The number of hydrogen-bond acceptors (Lipinski definition) is 7. The van der Waals surface area contributed by atoms with E-state index in [1.54, 1.807) is 40.7 Å². The molecule has 2 aromatic carbocycles. The molecule has 2 heterocycles. The summed E-state index contributed by atoms with van der Waals surface area (Å²) in [5.74, 6) is 0.